The Kier molecular flexibility index (Phi) is 9.70. The Hall–Kier alpha value is -3.26. The van der Waals surface area contributed by atoms with Gasteiger partial charge in [0.25, 0.3) is 0 Å². The summed E-state index contributed by atoms with van der Waals surface area (Å²) in [5.41, 5.74) is 8.10. The topological polar surface area (TPSA) is 0 Å². The zero-order valence-corrected chi connectivity index (χ0v) is 31.4. The minimum absolute atomic E-state index is 0. The normalized spacial score (nSPS) is 11.4. The van der Waals surface area contributed by atoms with Crippen LogP contribution in [-0.4, -0.2) is 8.07 Å². The molecule has 46 heavy (non-hydrogen) atoms. The Balaban J connectivity index is 0.00000139. The van der Waals surface area contributed by atoms with E-state index in [0.717, 1.165) is 0 Å². The van der Waals surface area contributed by atoms with E-state index >= 15 is 0 Å². The summed E-state index contributed by atoms with van der Waals surface area (Å²) < 4.78 is 0. The van der Waals surface area contributed by atoms with Crippen LogP contribution in [0.5, 0.6) is 0 Å². The van der Waals surface area contributed by atoms with Gasteiger partial charge in [-0.3, -0.25) is 0 Å². The van der Waals surface area contributed by atoms with E-state index in [1.54, 1.807) is 10.4 Å². The van der Waals surface area contributed by atoms with Crippen molar-refractivity contribution < 1.29 is 51.0 Å². The zero-order chi connectivity index (χ0) is 29.3. The minimum Gasteiger partial charge on any atom is -1.00 e. The Morgan fingerprint density at radius 1 is 0.457 bits per heavy atom. The maximum atomic E-state index is 2.57. The first-order valence-electron chi connectivity index (χ1n) is 15.3. The van der Waals surface area contributed by atoms with Crippen LogP contribution in [0.4, 0.5) is 0 Å². The summed E-state index contributed by atoms with van der Waals surface area (Å²) >= 11 is 0. The molecule has 8 aromatic rings. The maximum Gasteiger partial charge on any atom is 4.00 e. The van der Waals surface area contributed by atoms with Gasteiger partial charge in [0, 0.05) is 8.07 Å². The Morgan fingerprint density at radius 3 is 1.26 bits per heavy atom. The van der Waals surface area contributed by atoms with Crippen molar-refractivity contribution in [1.82, 2.24) is 0 Å². The SMILES string of the molecule is Cc1[cH-]c2cccc(-c3ccc4ccccc4c3)c2c1[Si](C)(C)c1c(C)[cH-]c2cccc(-c3ccc4ccccc4c3)c12.[Cl-].[Cl-].[Zr+4]. The van der Waals surface area contributed by atoms with E-state index in [1.165, 1.54) is 76.5 Å². The van der Waals surface area contributed by atoms with Gasteiger partial charge >= 0.3 is 26.2 Å². The van der Waals surface area contributed by atoms with Crippen molar-refractivity contribution in [2.75, 3.05) is 0 Å². The zero-order valence-electron chi connectivity index (χ0n) is 26.5. The van der Waals surface area contributed by atoms with Gasteiger partial charge in [0.1, 0.15) is 0 Å². The third kappa shape index (κ3) is 5.44. The number of rotatable bonds is 4. The molecule has 0 aliphatic heterocycles. The van der Waals surface area contributed by atoms with Gasteiger partial charge in [-0.15, -0.1) is 69.1 Å². The molecule has 8 aromatic carbocycles. The summed E-state index contributed by atoms with van der Waals surface area (Å²) in [5, 5.41) is 13.8. The van der Waals surface area contributed by atoms with Crippen LogP contribution in [-0.2, 0) is 26.2 Å². The number of fused-ring (bicyclic) bond motifs is 4. The standard InChI is InChI=1S/C42H34Si.2ClH.Zr/c1-27-23-35-15-9-17-37(33-21-19-29-11-5-7-13-31(29)25-33)39(35)41(27)43(3,4)42-28(2)24-36-16-10-18-38(40(36)42)34-22-20-30-12-6-8-14-32(30)26-34;;;/h5-26H,1-4H3;2*1H;/q-2;;;+4/p-2. The fourth-order valence-corrected chi connectivity index (χ4v) is 12.0. The molecular formula is C42H34Cl2SiZr. The fourth-order valence-electron chi connectivity index (χ4n) is 7.87. The molecule has 0 heterocycles. The first-order chi connectivity index (χ1) is 20.9. The van der Waals surface area contributed by atoms with Gasteiger partial charge in [0.05, 0.1) is 0 Å². The van der Waals surface area contributed by atoms with Crippen LogP contribution in [0.1, 0.15) is 11.1 Å². The largest absolute Gasteiger partial charge is 4.00 e. The molecule has 0 spiro atoms. The van der Waals surface area contributed by atoms with Crippen molar-refractivity contribution in [3.63, 3.8) is 0 Å². The molecule has 0 N–H and O–H groups in total. The van der Waals surface area contributed by atoms with Gasteiger partial charge in [0.2, 0.25) is 0 Å². The van der Waals surface area contributed by atoms with Crippen molar-refractivity contribution in [3.8, 4) is 22.3 Å². The number of hydrogen-bond donors (Lipinski definition) is 0. The van der Waals surface area contributed by atoms with Crippen molar-refractivity contribution in [3.05, 3.63) is 145 Å². The summed E-state index contributed by atoms with van der Waals surface area (Å²) in [5.74, 6) is 0. The maximum absolute atomic E-state index is 2.57. The average molecular weight is 729 g/mol. The van der Waals surface area contributed by atoms with Crippen molar-refractivity contribution >= 4 is 61.5 Å². The molecule has 0 aliphatic rings. The van der Waals surface area contributed by atoms with Crippen LogP contribution in [0.3, 0.4) is 0 Å². The van der Waals surface area contributed by atoms with Crippen LogP contribution in [0.15, 0.2) is 133 Å². The van der Waals surface area contributed by atoms with Crippen LogP contribution >= 0.6 is 0 Å². The molecule has 0 amide bonds. The predicted octanol–water partition coefficient (Wildman–Crippen LogP) is 4.52. The third-order valence-electron chi connectivity index (χ3n) is 9.60. The van der Waals surface area contributed by atoms with Gasteiger partial charge in [-0.2, -0.15) is 10.4 Å². The van der Waals surface area contributed by atoms with Gasteiger partial charge in [-0.1, -0.05) is 123 Å². The molecule has 0 nitrogen and oxygen atoms in total. The fraction of sp³-hybridized carbons (Fsp3) is 0.0952. The molecule has 0 fully saturated rings. The quantitative estimate of drug-likeness (QED) is 0.185. The molecule has 0 saturated carbocycles. The van der Waals surface area contributed by atoms with Gasteiger partial charge < -0.3 is 24.8 Å². The van der Waals surface area contributed by atoms with E-state index in [1.807, 2.05) is 0 Å². The minimum atomic E-state index is -2.20. The van der Waals surface area contributed by atoms with Crippen LogP contribution < -0.4 is 35.2 Å². The molecule has 0 bridgehead atoms. The predicted molar refractivity (Wildman–Crippen MR) is 191 cm³/mol. The van der Waals surface area contributed by atoms with Crippen LogP contribution in [0.2, 0.25) is 13.1 Å². The van der Waals surface area contributed by atoms with Crippen molar-refractivity contribution in [1.29, 1.82) is 0 Å². The van der Waals surface area contributed by atoms with E-state index in [4.69, 9.17) is 0 Å². The summed E-state index contributed by atoms with van der Waals surface area (Å²) in [6, 6.07) is 49.8. The second-order valence-corrected chi connectivity index (χ2v) is 16.9. The second-order valence-electron chi connectivity index (χ2n) is 12.7. The average Bonchev–Trinajstić information content (AvgIpc) is 3.56. The smallest absolute Gasteiger partial charge is 1.00 e. The molecule has 0 aromatic heterocycles. The molecule has 8 rings (SSSR count). The number of benzene rings is 6. The molecule has 0 radical (unpaired) electrons. The van der Waals surface area contributed by atoms with E-state index in [0.29, 0.717) is 0 Å². The Morgan fingerprint density at radius 2 is 0.848 bits per heavy atom. The van der Waals surface area contributed by atoms with E-state index in [-0.39, 0.29) is 51.0 Å². The monoisotopic (exact) mass is 726 g/mol. The van der Waals surface area contributed by atoms with Crippen LogP contribution in [0.25, 0.3) is 65.3 Å². The van der Waals surface area contributed by atoms with Crippen molar-refractivity contribution in [2.45, 2.75) is 26.9 Å². The molecule has 0 saturated heterocycles. The Bertz CT molecular complexity index is 2190. The molecule has 0 atom stereocenters. The van der Waals surface area contributed by atoms with Gasteiger partial charge in [-0.25, -0.2) is 0 Å². The Labute approximate surface area is 304 Å². The van der Waals surface area contributed by atoms with Gasteiger partial charge in [-0.05, 0) is 44.8 Å². The summed E-state index contributed by atoms with van der Waals surface area (Å²) in [4.78, 5) is 0. The first kappa shape index (κ1) is 34.1. The second kappa shape index (κ2) is 13.1. The molecule has 4 heteroatoms. The molecule has 0 aliphatic carbocycles. The van der Waals surface area contributed by atoms with Crippen molar-refractivity contribution in [2.24, 2.45) is 0 Å². The summed E-state index contributed by atoms with van der Waals surface area (Å²) in [7, 11) is -2.20. The van der Waals surface area contributed by atoms with E-state index < -0.39 is 8.07 Å². The van der Waals surface area contributed by atoms with Crippen LogP contribution in [0, 0.1) is 13.8 Å². The van der Waals surface area contributed by atoms with E-state index in [2.05, 4.69) is 160 Å². The number of aryl methyl sites for hydroxylation is 2. The molecule has 0 unspecified atom stereocenters. The summed E-state index contributed by atoms with van der Waals surface area (Å²) in [6.07, 6.45) is 0. The first-order valence-corrected chi connectivity index (χ1v) is 18.3. The van der Waals surface area contributed by atoms with E-state index in [9.17, 15) is 0 Å². The van der Waals surface area contributed by atoms with Gasteiger partial charge in [0.15, 0.2) is 0 Å². The summed E-state index contributed by atoms with van der Waals surface area (Å²) in [6.45, 7) is 9.81. The number of hydrogen-bond acceptors (Lipinski definition) is 0. The molecular weight excluding hydrogens is 695 g/mol. The molecule has 224 valence electrons. The number of halogens is 2. The third-order valence-corrected chi connectivity index (χ3v) is 13.4.